The van der Waals surface area contributed by atoms with E-state index < -0.39 is 0 Å². The van der Waals surface area contributed by atoms with Gasteiger partial charge in [-0.1, -0.05) is 60.1 Å². The minimum atomic E-state index is 0.705. The Balaban J connectivity index is 1.42. The summed E-state index contributed by atoms with van der Waals surface area (Å²) in [5.41, 5.74) is 3.49. The van der Waals surface area contributed by atoms with E-state index in [2.05, 4.69) is 29.6 Å². The van der Waals surface area contributed by atoms with Crippen molar-refractivity contribution in [1.29, 1.82) is 0 Å². The molecule has 0 aromatic heterocycles. The third kappa shape index (κ3) is 5.54. The summed E-state index contributed by atoms with van der Waals surface area (Å²) < 4.78 is 5.82. The number of nitrogens with one attached hydrogen (secondary N) is 1. The van der Waals surface area contributed by atoms with Crippen LogP contribution in [0.15, 0.2) is 78.9 Å². The molecule has 0 aliphatic rings. The topological polar surface area (TPSA) is 21.3 Å². The molecule has 0 heterocycles. The molecule has 0 bridgehead atoms. The van der Waals surface area contributed by atoms with Crippen molar-refractivity contribution in [2.45, 2.75) is 19.4 Å². The van der Waals surface area contributed by atoms with Crippen LogP contribution in [0.25, 0.3) is 0 Å². The van der Waals surface area contributed by atoms with Crippen LogP contribution in [0.2, 0.25) is 5.02 Å². The van der Waals surface area contributed by atoms with Gasteiger partial charge >= 0.3 is 0 Å². The Hall–Kier alpha value is -2.45. The van der Waals surface area contributed by atoms with Gasteiger partial charge in [-0.15, -0.1) is 0 Å². The predicted molar refractivity (Wildman–Crippen MR) is 105 cm³/mol. The van der Waals surface area contributed by atoms with Crippen LogP contribution in [0.3, 0.4) is 0 Å². The largest absolute Gasteiger partial charge is 0.494 e. The SMILES string of the molecule is Clc1ccccc1CNc1ccc(OCCCc2ccccc2)cc1. The van der Waals surface area contributed by atoms with Crippen LogP contribution >= 0.6 is 11.6 Å². The molecule has 0 saturated heterocycles. The summed E-state index contributed by atoms with van der Waals surface area (Å²) in [7, 11) is 0. The summed E-state index contributed by atoms with van der Waals surface area (Å²) in [4.78, 5) is 0. The minimum absolute atomic E-state index is 0.705. The molecule has 3 heteroatoms. The molecule has 3 aromatic rings. The van der Waals surface area contributed by atoms with Crippen molar-refractivity contribution >= 4 is 17.3 Å². The molecule has 0 saturated carbocycles. The zero-order valence-electron chi connectivity index (χ0n) is 14.1. The first kappa shape index (κ1) is 17.4. The van der Waals surface area contributed by atoms with Gasteiger partial charge < -0.3 is 10.1 Å². The quantitative estimate of drug-likeness (QED) is 0.505. The fourth-order valence-electron chi connectivity index (χ4n) is 2.62. The predicted octanol–water partition coefficient (Wildman–Crippen LogP) is 5.96. The van der Waals surface area contributed by atoms with Gasteiger partial charge in [0.05, 0.1) is 6.61 Å². The number of aryl methyl sites for hydroxylation is 1. The Kier molecular flexibility index (Phi) is 6.35. The first-order valence-corrected chi connectivity index (χ1v) is 8.93. The standard InChI is InChI=1S/C22H22ClNO/c23-22-11-5-4-10-19(22)17-24-20-12-14-21(15-13-20)25-16-6-9-18-7-2-1-3-8-18/h1-5,7-8,10-15,24H,6,9,16-17H2. The molecule has 0 spiro atoms. The average molecular weight is 352 g/mol. The van der Waals surface area contributed by atoms with Gasteiger partial charge in [0.15, 0.2) is 0 Å². The van der Waals surface area contributed by atoms with Crippen LogP contribution in [0.5, 0.6) is 5.75 Å². The number of anilines is 1. The number of benzene rings is 3. The molecule has 3 rings (SSSR count). The molecule has 0 aliphatic carbocycles. The van der Waals surface area contributed by atoms with Gasteiger partial charge in [-0.05, 0) is 54.3 Å². The van der Waals surface area contributed by atoms with Crippen LogP contribution in [0, 0.1) is 0 Å². The highest BCUT2D eigenvalue weighted by Gasteiger charge is 2.00. The second kappa shape index (κ2) is 9.14. The second-order valence-corrected chi connectivity index (χ2v) is 6.31. The van der Waals surface area contributed by atoms with Crippen molar-refractivity contribution in [1.82, 2.24) is 0 Å². The van der Waals surface area contributed by atoms with E-state index in [9.17, 15) is 0 Å². The van der Waals surface area contributed by atoms with E-state index in [-0.39, 0.29) is 0 Å². The lowest BCUT2D eigenvalue weighted by molar-refractivity contribution is 0.311. The zero-order valence-corrected chi connectivity index (χ0v) is 14.9. The van der Waals surface area contributed by atoms with E-state index in [1.54, 1.807) is 0 Å². The lowest BCUT2D eigenvalue weighted by Crippen LogP contribution is -2.01. The van der Waals surface area contributed by atoms with E-state index in [1.807, 2.05) is 54.6 Å². The number of halogens is 1. The molecule has 0 aliphatic heterocycles. The first-order chi connectivity index (χ1) is 12.3. The Labute approximate surface area is 154 Å². The zero-order chi connectivity index (χ0) is 17.3. The minimum Gasteiger partial charge on any atom is -0.494 e. The summed E-state index contributed by atoms with van der Waals surface area (Å²) in [6, 6.07) is 26.4. The van der Waals surface area contributed by atoms with E-state index in [1.165, 1.54) is 5.56 Å². The van der Waals surface area contributed by atoms with Crippen LogP contribution in [0.1, 0.15) is 17.5 Å². The van der Waals surface area contributed by atoms with Gasteiger partial charge in [0, 0.05) is 17.3 Å². The van der Waals surface area contributed by atoms with Crippen LogP contribution < -0.4 is 10.1 Å². The van der Waals surface area contributed by atoms with E-state index >= 15 is 0 Å². The summed E-state index contributed by atoms with van der Waals surface area (Å²) in [6.07, 6.45) is 2.05. The van der Waals surface area contributed by atoms with Crippen molar-refractivity contribution in [3.63, 3.8) is 0 Å². The lowest BCUT2D eigenvalue weighted by Gasteiger charge is -2.10. The normalized spacial score (nSPS) is 10.4. The maximum Gasteiger partial charge on any atom is 0.119 e. The van der Waals surface area contributed by atoms with Crippen molar-refractivity contribution in [2.24, 2.45) is 0 Å². The summed E-state index contributed by atoms with van der Waals surface area (Å²) >= 11 is 6.17. The van der Waals surface area contributed by atoms with Crippen molar-refractivity contribution < 1.29 is 4.74 Å². The highest BCUT2D eigenvalue weighted by atomic mass is 35.5. The molecule has 0 fully saturated rings. The Morgan fingerprint density at radius 2 is 1.52 bits per heavy atom. The lowest BCUT2D eigenvalue weighted by atomic mass is 10.1. The number of rotatable bonds is 8. The molecule has 128 valence electrons. The Morgan fingerprint density at radius 1 is 0.800 bits per heavy atom. The molecule has 1 N–H and O–H groups in total. The number of ether oxygens (including phenoxy) is 1. The Morgan fingerprint density at radius 3 is 2.28 bits per heavy atom. The molecule has 0 unspecified atom stereocenters. The maximum absolute atomic E-state index is 6.17. The van der Waals surface area contributed by atoms with Gasteiger partial charge in [-0.25, -0.2) is 0 Å². The van der Waals surface area contributed by atoms with Crippen molar-refractivity contribution in [3.05, 3.63) is 95.0 Å². The number of hydrogen-bond acceptors (Lipinski definition) is 2. The maximum atomic E-state index is 6.17. The highest BCUT2D eigenvalue weighted by Crippen LogP contribution is 2.19. The van der Waals surface area contributed by atoms with Gasteiger partial charge in [-0.2, -0.15) is 0 Å². The Bertz CT molecular complexity index is 772. The van der Waals surface area contributed by atoms with Crippen molar-refractivity contribution in [3.8, 4) is 5.75 Å². The number of hydrogen-bond donors (Lipinski definition) is 1. The summed E-state index contributed by atoms with van der Waals surface area (Å²) in [6.45, 7) is 1.43. The van der Waals surface area contributed by atoms with Crippen molar-refractivity contribution in [2.75, 3.05) is 11.9 Å². The molecule has 2 nitrogen and oxygen atoms in total. The fourth-order valence-corrected chi connectivity index (χ4v) is 2.82. The molecule has 0 atom stereocenters. The van der Waals surface area contributed by atoms with Gasteiger partial charge in [0.1, 0.15) is 5.75 Å². The third-order valence-corrected chi connectivity index (χ3v) is 4.39. The average Bonchev–Trinajstić information content (AvgIpc) is 2.66. The summed E-state index contributed by atoms with van der Waals surface area (Å²) in [5, 5.41) is 4.16. The molecular formula is C22H22ClNO. The smallest absolute Gasteiger partial charge is 0.119 e. The monoisotopic (exact) mass is 351 g/mol. The molecule has 0 amide bonds. The van der Waals surface area contributed by atoms with Gasteiger partial charge in [-0.3, -0.25) is 0 Å². The van der Waals surface area contributed by atoms with Crippen LogP contribution in [-0.2, 0) is 13.0 Å². The fraction of sp³-hybridized carbons (Fsp3) is 0.182. The molecule has 3 aromatic carbocycles. The molecule has 0 radical (unpaired) electrons. The highest BCUT2D eigenvalue weighted by molar-refractivity contribution is 6.31. The van der Waals surface area contributed by atoms with Crippen LogP contribution in [-0.4, -0.2) is 6.61 Å². The summed E-state index contributed by atoms with van der Waals surface area (Å²) in [5.74, 6) is 0.899. The van der Waals surface area contributed by atoms with Crippen LogP contribution in [0.4, 0.5) is 5.69 Å². The second-order valence-electron chi connectivity index (χ2n) is 5.91. The third-order valence-electron chi connectivity index (χ3n) is 4.02. The molecule has 25 heavy (non-hydrogen) atoms. The van der Waals surface area contributed by atoms with Gasteiger partial charge in [0.2, 0.25) is 0 Å². The molecular weight excluding hydrogens is 330 g/mol. The van der Waals surface area contributed by atoms with E-state index in [0.29, 0.717) is 6.54 Å². The van der Waals surface area contributed by atoms with Gasteiger partial charge in [0.25, 0.3) is 0 Å². The van der Waals surface area contributed by atoms with E-state index in [4.69, 9.17) is 16.3 Å². The first-order valence-electron chi connectivity index (χ1n) is 8.55. The van der Waals surface area contributed by atoms with E-state index in [0.717, 1.165) is 41.5 Å².